The molecule has 0 aliphatic rings. The smallest absolute Gasteiger partial charge is 0.135 e. The first kappa shape index (κ1) is 13.5. The van der Waals surface area contributed by atoms with Crippen molar-refractivity contribution in [1.82, 2.24) is 0 Å². The average molecular weight is 278 g/mol. The topological polar surface area (TPSA) is 18.5 Å². The fourth-order valence-electron chi connectivity index (χ4n) is 2.68. The maximum Gasteiger partial charge on any atom is 0.135 e. The molecule has 0 N–H and O–H groups in total. The molecule has 0 aromatic heterocycles. The van der Waals surface area contributed by atoms with Crippen LogP contribution in [-0.4, -0.2) is 13.2 Å². The molecule has 21 heavy (non-hydrogen) atoms. The number of rotatable bonds is 5. The number of benzene rings is 3. The van der Waals surface area contributed by atoms with Crippen molar-refractivity contribution in [2.24, 2.45) is 0 Å². The molecule has 0 radical (unpaired) electrons. The summed E-state index contributed by atoms with van der Waals surface area (Å²) < 4.78 is 11.2. The van der Waals surface area contributed by atoms with Crippen LogP contribution in [-0.2, 0) is 4.74 Å². The summed E-state index contributed by atoms with van der Waals surface area (Å²) in [6.07, 6.45) is 1.44. The zero-order valence-electron chi connectivity index (χ0n) is 12.1. The largest absolute Gasteiger partial charge is 0.498 e. The van der Waals surface area contributed by atoms with Gasteiger partial charge in [-0.15, -0.1) is 0 Å². The van der Waals surface area contributed by atoms with Crippen LogP contribution in [0.1, 0.15) is 5.56 Å². The summed E-state index contributed by atoms with van der Waals surface area (Å²) in [6, 6.07) is 16.8. The van der Waals surface area contributed by atoms with Crippen molar-refractivity contribution in [3.63, 3.8) is 0 Å². The van der Waals surface area contributed by atoms with Crippen LogP contribution >= 0.6 is 0 Å². The van der Waals surface area contributed by atoms with E-state index in [0.717, 1.165) is 11.1 Å². The van der Waals surface area contributed by atoms with E-state index in [0.29, 0.717) is 13.2 Å². The Morgan fingerprint density at radius 2 is 1.81 bits per heavy atom. The highest BCUT2D eigenvalue weighted by Gasteiger charge is 2.10. The van der Waals surface area contributed by atoms with E-state index in [2.05, 4.69) is 56.0 Å². The summed E-state index contributed by atoms with van der Waals surface area (Å²) in [4.78, 5) is 0. The highest BCUT2D eigenvalue weighted by atomic mass is 16.5. The zero-order valence-corrected chi connectivity index (χ0v) is 12.1. The fraction of sp³-hybridized carbons (Fsp3) is 0.158. The summed E-state index contributed by atoms with van der Waals surface area (Å²) in [7, 11) is 0. The zero-order chi connectivity index (χ0) is 14.7. The van der Waals surface area contributed by atoms with Crippen molar-refractivity contribution in [3.05, 3.63) is 66.9 Å². The minimum Gasteiger partial charge on any atom is -0.498 e. The number of ether oxygens (including phenoxy) is 2. The van der Waals surface area contributed by atoms with Crippen molar-refractivity contribution in [2.75, 3.05) is 13.2 Å². The molecule has 0 saturated heterocycles. The normalized spacial score (nSPS) is 10.7. The molecular weight excluding hydrogens is 260 g/mol. The lowest BCUT2D eigenvalue weighted by Gasteiger charge is -2.14. The Kier molecular flexibility index (Phi) is 3.78. The molecule has 0 atom stereocenters. The Hall–Kier alpha value is -2.48. The molecular formula is C19H18O2. The van der Waals surface area contributed by atoms with Crippen LogP contribution in [0, 0.1) is 6.92 Å². The molecule has 106 valence electrons. The Bertz CT molecular complexity index is 790. The minimum absolute atomic E-state index is 0.500. The van der Waals surface area contributed by atoms with E-state index >= 15 is 0 Å². The highest BCUT2D eigenvalue weighted by Crippen LogP contribution is 2.36. The molecule has 0 saturated carbocycles. The van der Waals surface area contributed by atoms with Gasteiger partial charge in [-0.1, -0.05) is 49.0 Å². The standard InChI is InChI=1S/C19H18O2/c1-3-20-11-12-21-19-17-10-5-4-8-15(17)13-16-9-6-7-14(2)18(16)19/h3-10,13H,1,11-12H2,2H3. The van der Waals surface area contributed by atoms with E-state index in [-0.39, 0.29) is 0 Å². The van der Waals surface area contributed by atoms with Crippen molar-refractivity contribution < 1.29 is 9.47 Å². The van der Waals surface area contributed by atoms with Gasteiger partial charge in [-0.3, -0.25) is 0 Å². The van der Waals surface area contributed by atoms with Gasteiger partial charge in [-0.05, 0) is 29.3 Å². The van der Waals surface area contributed by atoms with Gasteiger partial charge in [0.05, 0.1) is 6.26 Å². The van der Waals surface area contributed by atoms with Gasteiger partial charge in [0.2, 0.25) is 0 Å². The van der Waals surface area contributed by atoms with Gasteiger partial charge in [0.15, 0.2) is 0 Å². The summed E-state index contributed by atoms with van der Waals surface area (Å²) in [5.41, 5.74) is 1.22. The summed E-state index contributed by atoms with van der Waals surface area (Å²) in [5, 5.41) is 4.70. The molecule has 2 nitrogen and oxygen atoms in total. The van der Waals surface area contributed by atoms with E-state index in [4.69, 9.17) is 9.47 Å². The third-order valence-corrected chi connectivity index (χ3v) is 3.61. The van der Waals surface area contributed by atoms with E-state index in [1.807, 2.05) is 6.07 Å². The van der Waals surface area contributed by atoms with Crippen molar-refractivity contribution >= 4 is 21.5 Å². The monoisotopic (exact) mass is 278 g/mol. The second kappa shape index (κ2) is 5.88. The molecule has 0 unspecified atom stereocenters. The molecule has 0 aliphatic heterocycles. The second-order valence-corrected chi connectivity index (χ2v) is 4.99. The Morgan fingerprint density at radius 3 is 2.67 bits per heavy atom. The van der Waals surface area contributed by atoms with Gasteiger partial charge in [-0.2, -0.15) is 0 Å². The number of aryl methyl sites for hydroxylation is 1. The minimum atomic E-state index is 0.500. The fourth-order valence-corrected chi connectivity index (χ4v) is 2.68. The van der Waals surface area contributed by atoms with Gasteiger partial charge < -0.3 is 9.47 Å². The molecule has 0 heterocycles. The molecule has 2 heteroatoms. The molecule has 3 aromatic carbocycles. The third-order valence-electron chi connectivity index (χ3n) is 3.61. The number of hydrogen-bond acceptors (Lipinski definition) is 2. The summed E-state index contributed by atoms with van der Waals surface area (Å²) in [5.74, 6) is 0.939. The highest BCUT2D eigenvalue weighted by molar-refractivity contribution is 6.06. The second-order valence-electron chi connectivity index (χ2n) is 4.99. The van der Waals surface area contributed by atoms with Crippen LogP contribution in [0.15, 0.2) is 61.4 Å². The van der Waals surface area contributed by atoms with Gasteiger partial charge in [0.25, 0.3) is 0 Å². The lowest BCUT2D eigenvalue weighted by Crippen LogP contribution is -2.05. The SMILES string of the molecule is C=COCCOc1c2ccccc2cc2cccc(C)c12. The first-order valence-corrected chi connectivity index (χ1v) is 7.07. The predicted octanol–water partition coefficient (Wildman–Crippen LogP) is 4.84. The van der Waals surface area contributed by atoms with Gasteiger partial charge in [0.1, 0.15) is 19.0 Å². The molecule has 0 fully saturated rings. The van der Waals surface area contributed by atoms with Gasteiger partial charge in [0, 0.05) is 10.8 Å². The Morgan fingerprint density at radius 1 is 1.00 bits per heavy atom. The van der Waals surface area contributed by atoms with Crippen LogP contribution in [0.2, 0.25) is 0 Å². The first-order chi connectivity index (χ1) is 10.3. The summed E-state index contributed by atoms with van der Waals surface area (Å²) in [6.45, 7) is 6.66. The molecule has 3 rings (SSSR count). The molecule has 0 spiro atoms. The molecule has 3 aromatic rings. The Balaban J connectivity index is 2.16. The van der Waals surface area contributed by atoms with Gasteiger partial charge in [-0.25, -0.2) is 0 Å². The van der Waals surface area contributed by atoms with Crippen LogP contribution in [0.25, 0.3) is 21.5 Å². The van der Waals surface area contributed by atoms with E-state index in [1.165, 1.54) is 28.0 Å². The molecule has 0 bridgehead atoms. The van der Waals surface area contributed by atoms with Crippen molar-refractivity contribution in [2.45, 2.75) is 6.92 Å². The molecule has 0 aliphatic carbocycles. The van der Waals surface area contributed by atoms with Crippen LogP contribution in [0.5, 0.6) is 5.75 Å². The van der Waals surface area contributed by atoms with Gasteiger partial charge >= 0.3 is 0 Å². The van der Waals surface area contributed by atoms with Crippen LogP contribution in [0.4, 0.5) is 0 Å². The Labute approximate surface area is 124 Å². The quantitative estimate of drug-likeness (QED) is 0.378. The van der Waals surface area contributed by atoms with Crippen molar-refractivity contribution in [3.8, 4) is 5.75 Å². The van der Waals surface area contributed by atoms with Crippen LogP contribution in [0.3, 0.4) is 0 Å². The summed E-state index contributed by atoms with van der Waals surface area (Å²) >= 11 is 0. The van der Waals surface area contributed by atoms with E-state index in [1.54, 1.807) is 0 Å². The number of fused-ring (bicyclic) bond motifs is 2. The third kappa shape index (κ3) is 2.57. The molecule has 0 amide bonds. The lowest BCUT2D eigenvalue weighted by molar-refractivity contribution is 0.182. The van der Waals surface area contributed by atoms with E-state index in [9.17, 15) is 0 Å². The predicted molar refractivity (Wildman–Crippen MR) is 87.8 cm³/mol. The maximum atomic E-state index is 6.04. The average Bonchev–Trinajstić information content (AvgIpc) is 2.51. The number of hydrogen-bond donors (Lipinski definition) is 0. The van der Waals surface area contributed by atoms with E-state index < -0.39 is 0 Å². The first-order valence-electron chi connectivity index (χ1n) is 7.07. The maximum absolute atomic E-state index is 6.04. The lowest BCUT2D eigenvalue weighted by atomic mass is 9.99. The van der Waals surface area contributed by atoms with Crippen molar-refractivity contribution in [1.29, 1.82) is 0 Å². The van der Waals surface area contributed by atoms with Crippen LogP contribution < -0.4 is 4.74 Å².